The summed E-state index contributed by atoms with van der Waals surface area (Å²) in [4.78, 5) is 13.3. The van der Waals surface area contributed by atoms with Gasteiger partial charge in [0.2, 0.25) is 5.95 Å². The highest BCUT2D eigenvalue weighted by Crippen LogP contribution is 2.35. The molecule has 0 aliphatic carbocycles. The lowest BCUT2D eigenvalue weighted by Crippen LogP contribution is -2.51. The quantitative estimate of drug-likeness (QED) is 0.565. The molecule has 1 aromatic carbocycles. The average molecular weight is 433 g/mol. The summed E-state index contributed by atoms with van der Waals surface area (Å²) in [6.45, 7) is 13.6. The Labute approximate surface area is 185 Å². The predicted octanol–water partition coefficient (Wildman–Crippen LogP) is 3.67. The van der Waals surface area contributed by atoms with E-state index in [1.165, 1.54) is 5.56 Å². The summed E-state index contributed by atoms with van der Waals surface area (Å²) in [5, 5.41) is 7.58. The molecule has 1 saturated heterocycles. The standard InChI is InChI=1S/C22H32N6O.ClH/c1-15(2)29-19-7-6-16(14-17(19)22(3,4)5)18-8-9-25-21(26-18)28-12-10-27(11-13-28)20(23)24;/h6-9,14-15H,10-13H2,1-5H3,(H3,23,24);1H. The molecule has 0 atom stereocenters. The van der Waals surface area contributed by atoms with Crippen molar-refractivity contribution in [2.75, 3.05) is 31.1 Å². The number of nitrogens with one attached hydrogen (secondary N) is 1. The fourth-order valence-corrected chi connectivity index (χ4v) is 3.44. The van der Waals surface area contributed by atoms with Gasteiger partial charge in [-0.25, -0.2) is 9.97 Å². The third-order valence-corrected chi connectivity index (χ3v) is 4.99. The highest BCUT2D eigenvalue weighted by molar-refractivity contribution is 5.85. The van der Waals surface area contributed by atoms with Crippen molar-refractivity contribution in [3.05, 3.63) is 36.0 Å². The Morgan fingerprint density at radius 2 is 1.80 bits per heavy atom. The molecule has 1 aliphatic heterocycles. The normalized spacial score (nSPS) is 14.5. The van der Waals surface area contributed by atoms with E-state index in [1.807, 2.05) is 37.1 Å². The third-order valence-electron chi connectivity index (χ3n) is 4.99. The van der Waals surface area contributed by atoms with Crippen LogP contribution in [-0.4, -0.2) is 53.1 Å². The lowest BCUT2D eigenvalue weighted by molar-refractivity contribution is 0.236. The van der Waals surface area contributed by atoms with E-state index in [4.69, 9.17) is 20.9 Å². The first-order chi connectivity index (χ1) is 13.6. The van der Waals surface area contributed by atoms with Gasteiger partial charge in [-0.3, -0.25) is 5.41 Å². The number of rotatable bonds is 4. The van der Waals surface area contributed by atoms with Gasteiger partial charge < -0.3 is 20.3 Å². The number of guanidine groups is 1. The zero-order valence-corrected chi connectivity index (χ0v) is 19.3. The van der Waals surface area contributed by atoms with E-state index in [9.17, 15) is 0 Å². The van der Waals surface area contributed by atoms with Gasteiger partial charge >= 0.3 is 0 Å². The van der Waals surface area contributed by atoms with Crippen molar-refractivity contribution in [1.29, 1.82) is 5.41 Å². The molecule has 1 fully saturated rings. The van der Waals surface area contributed by atoms with E-state index < -0.39 is 0 Å². The van der Waals surface area contributed by atoms with Gasteiger partial charge in [0.1, 0.15) is 5.75 Å². The second-order valence-electron chi connectivity index (χ2n) is 8.73. The molecule has 0 spiro atoms. The number of aromatic nitrogens is 2. The van der Waals surface area contributed by atoms with Gasteiger partial charge in [0.15, 0.2) is 5.96 Å². The van der Waals surface area contributed by atoms with Crippen molar-refractivity contribution >= 4 is 24.3 Å². The van der Waals surface area contributed by atoms with Crippen LogP contribution in [0.5, 0.6) is 5.75 Å². The summed E-state index contributed by atoms with van der Waals surface area (Å²) in [6, 6.07) is 8.23. The molecule has 0 bridgehead atoms. The Bertz CT molecular complexity index is 872. The van der Waals surface area contributed by atoms with Gasteiger partial charge in [0.05, 0.1) is 11.8 Å². The van der Waals surface area contributed by atoms with Crippen LogP contribution in [0.25, 0.3) is 11.3 Å². The molecule has 3 rings (SSSR count). The Kier molecular flexibility index (Phi) is 7.53. The summed E-state index contributed by atoms with van der Waals surface area (Å²) >= 11 is 0. The SMILES string of the molecule is CC(C)Oc1ccc(-c2ccnc(N3CCN(C(=N)N)CC3)n2)cc1C(C)(C)C.Cl. The molecule has 7 nitrogen and oxygen atoms in total. The fourth-order valence-electron chi connectivity index (χ4n) is 3.44. The van der Waals surface area contributed by atoms with E-state index in [1.54, 1.807) is 0 Å². The molecule has 30 heavy (non-hydrogen) atoms. The van der Waals surface area contributed by atoms with Crippen molar-refractivity contribution in [2.24, 2.45) is 5.73 Å². The van der Waals surface area contributed by atoms with Crippen LogP contribution < -0.4 is 15.4 Å². The molecular weight excluding hydrogens is 400 g/mol. The van der Waals surface area contributed by atoms with E-state index in [0.29, 0.717) is 19.0 Å². The van der Waals surface area contributed by atoms with Gasteiger partial charge in [0.25, 0.3) is 0 Å². The molecule has 0 unspecified atom stereocenters. The van der Waals surface area contributed by atoms with E-state index in [-0.39, 0.29) is 29.9 Å². The molecule has 2 aromatic rings. The number of halogens is 1. The maximum atomic E-state index is 7.58. The number of nitrogens with zero attached hydrogens (tertiary/aromatic N) is 4. The summed E-state index contributed by atoms with van der Waals surface area (Å²) in [7, 11) is 0. The second-order valence-corrected chi connectivity index (χ2v) is 8.73. The predicted molar refractivity (Wildman–Crippen MR) is 125 cm³/mol. The summed E-state index contributed by atoms with van der Waals surface area (Å²) in [6.07, 6.45) is 1.94. The van der Waals surface area contributed by atoms with Crippen molar-refractivity contribution in [1.82, 2.24) is 14.9 Å². The Morgan fingerprint density at radius 3 is 2.37 bits per heavy atom. The molecule has 1 aromatic heterocycles. The smallest absolute Gasteiger partial charge is 0.225 e. The van der Waals surface area contributed by atoms with Crippen LogP contribution in [-0.2, 0) is 5.41 Å². The molecule has 0 amide bonds. The van der Waals surface area contributed by atoms with Crippen molar-refractivity contribution in [2.45, 2.75) is 46.1 Å². The zero-order chi connectivity index (χ0) is 21.2. The summed E-state index contributed by atoms with van der Waals surface area (Å²) in [5.74, 6) is 1.76. The van der Waals surface area contributed by atoms with Crippen LogP contribution in [0.1, 0.15) is 40.2 Å². The Hall–Kier alpha value is -2.54. The molecular formula is C22H33ClN6O. The molecule has 8 heteroatoms. The van der Waals surface area contributed by atoms with Crippen LogP contribution in [0.3, 0.4) is 0 Å². The Morgan fingerprint density at radius 1 is 1.13 bits per heavy atom. The lowest BCUT2D eigenvalue weighted by Gasteiger charge is -2.34. The second kappa shape index (κ2) is 9.51. The van der Waals surface area contributed by atoms with E-state index >= 15 is 0 Å². The highest BCUT2D eigenvalue weighted by atomic mass is 35.5. The largest absolute Gasteiger partial charge is 0.491 e. The van der Waals surface area contributed by atoms with Gasteiger partial charge in [-0.2, -0.15) is 0 Å². The summed E-state index contributed by atoms with van der Waals surface area (Å²) < 4.78 is 6.04. The highest BCUT2D eigenvalue weighted by Gasteiger charge is 2.22. The number of ether oxygens (including phenoxy) is 1. The zero-order valence-electron chi connectivity index (χ0n) is 18.5. The van der Waals surface area contributed by atoms with Gasteiger partial charge in [-0.1, -0.05) is 20.8 Å². The Balaban J connectivity index is 0.00000320. The lowest BCUT2D eigenvalue weighted by atomic mass is 9.85. The van der Waals surface area contributed by atoms with Crippen LogP contribution in [0, 0.1) is 5.41 Å². The maximum absolute atomic E-state index is 7.58. The van der Waals surface area contributed by atoms with E-state index in [2.05, 4.69) is 42.8 Å². The number of piperazine rings is 1. The van der Waals surface area contributed by atoms with Crippen LogP contribution in [0.4, 0.5) is 5.95 Å². The topological polar surface area (TPSA) is 91.4 Å². The minimum atomic E-state index is -0.0425. The van der Waals surface area contributed by atoms with E-state index in [0.717, 1.165) is 30.1 Å². The summed E-state index contributed by atoms with van der Waals surface area (Å²) in [5.41, 5.74) is 8.66. The van der Waals surface area contributed by atoms with Gasteiger partial charge in [-0.05, 0) is 43.5 Å². The van der Waals surface area contributed by atoms with Crippen molar-refractivity contribution in [3.8, 4) is 17.0 Å². The first kappa shape index (κ1) is 23.7. The minimum Gasteiger partial charge on any atom is -0.491 e. The minimum absolute atomic E-state index is 0. The molecule has 164 valence electrons. The number of benzene rings is 1. The molecule has 2 heterocycles. The fraction of sp³-hybridized carbons (Fsp3) is 0.500. The van der Waals surface area contributed by atoms with Crippen molar-refractivity contribution in [3.63, 3.8) is 0 Å². The number of nitrogens with two attached hydrogens (primary N) is 1. The molecule has 0 saturated carbocycles. The first-order valence-electron chi connectivity index (χ1n) is 10.1. The maximum Gasteiger partial charge on any atom is 0.225 e. The van der Waals surface area contributed by atoms with Crippen molar-refractivity contribution < 1.29 is 4.74 Å². The van der Waals surface area contributed by atoms with Gasteiger partial charge in [0, 0.05) is 43.5 Å². The molecule has 1 aliphatic rings. The third kappa shape index (κ3) is 5.53. The number of hydrogen-bond donors (Lipinski definition) is 2. The number of anilines is 1. The van der Waals surface area contributed by atoms with Crippen LogP contribution in [0.2, 0.25) is 0 Å². The number of hydrogen-bond acceptors (Lipinski definition) is 5. The monoisotopic (exact) mass is 432 g/mol. The van der Waals surface area contributed by atoms with Crippen LogP contribution >= 0.6 is 12.4 Å². The van der Waals surface area contributed by atoms with Gasteiger partial charge in [-0.15, -0.1) is 12.4 Å². The average Bonchev–Trinajstić information content (AvgIpc) is 2.67. The molecule has 0 radical (unpaired) electrons. The first-order valence-corrected chi connectivity index (χ1v) is 10.1. The molecule has 3 N–H and O–H groups in total. The van der Waals surface area contributed by atoms with Crippen LogP contribution in [0.15, 0.2) is 30.5 Å².